The molecule has 0 bridgehead atoms. The first-order valence-electron chi connectivity index (χ1n) is 5.85. The van der Waals surface area contributed by atoms with Gasteiger partial charge >= 0.3 is 0 Å². The predicted octanol–water partition coefficient (Wildman–Crippen LogP) is 4.45. The van der Waals surface area contributed by atoms with Crippen molar-refractivity contribution in [2.45, 2.75) is 19.9 Å². The molecule has 2 aromatic rings. The van der Waals surface area contributed by atoms with Gasteiger partial charge in [-0.1, -0.05) is 24.3 Å². The van der Waals surface area contributed by atoms with E-state index in [0.29, 0.717) is 5.69 Å². The summed E-state index contributed by atoms with van der Waals surface area (Å²) in [5.41, 5.74) is 2.88. The summed E-state index contributed by atoms with van der Waals surface area (Å²) in [6, 6.07) is 11.9. The van der Waals surface area contributed by atoms with Crippen LogP contribution in [0.3, 0.4) is 0 Å². The van der Waals surface area contributed by atoms with E-state index < -0.39 is 11.6 Å². The number of rotatable bonds is 3. The first kappa shape index (κ1) is 12.6. The quantitative estimate of drug-likeness (QED) is 0.845. The normalized spacial score (nSPS) is 12.2. The lowest BCUT2D eigenvalue weighted by molar-refractivity contribution is 0.509. The topological polar surface area (TPSA) is 12.0 Å². The summed E-state index contributed by atoms with van der Waals surface area (Å²) >= 11 is 0. The minimum absolute atomic E-state index is 0.0380. The maximum atomic E-state index is 13.1. The first-order valence-corrected chi connectivity index (χ1v) is 5.85. The minimum atomic E-state index is -0.836. The second kappa shape index (κ2) is 5.17. The van der Waals surface area contributed by atoms with Gasteiger partial charge in [-0.05, 0) is 37.1 Å². The van der Waals surface area contributed by atoms with Gasteiger partial charge in [-0.25, -0.2) is 8.78 Å². The van der Waals surface area contributed by atoms with Crippen molar-refractivity contribution in [2.75, 3.05) is 5.32 Å². The van der Waals surface area contributed by atoms with Crippen molar-refractivity contribution < 1.29 is 8.78 Å². The first-order chi connectivity index (χ1) is 8.58. The SMILES string of the molecule is Cc1ccccc1C(C)Nc1ccc(F)c(F)c1. The Morgan fingerprint density at radius 3 is 2.39 bits per heavy atom. The highest BCUT2D eigenvalue weighted by Gasteiger charge is 2.09. The van der Waals surface area contributed by atoms with E-state index in [1.807, 2.05) is 38.1 Å². The number of nitrogens with one attached hydrogen (secondary N) is 1. The lowest BCUT2D eigenvalue weighted by Crippen LogP contribution is -2.08. The Hall–Kier alpha value is -1.90. The zero-order valence-electron chi connectivity index (χ0n) is 10.4. The van der Waals surface area contributed by atoms with Crippen molar-refractivity contribution in [1.29, 1.82) is 0 Å². The lowest BCUT2D eigenvalue weighted by atomic mass is 10.0. The van der Waals surface area contributed by atoms with Crippen LogP contribution in [0.15, 0.2) is 42.5 Å². The van der Waals surface area contributed by atoms with E-state index in [-0.39, 0.29) is 6.04 Å². The molecule has 1 atom stereocenters. The van der Waals surface area contributed by atoms with Gasteiger partial charge in [-0.3, -0.25) is 0 Å². The van der Waals surface area contributed by atoms with Gasteiger partial charge in [0.05, 0.1) is 0 Å². The number of anilines is 1. The van der Waals surface area contributed by atoms with Gasteiger partial charge in [-0.15, -0.1) is 0 Å². The number of halogens is 2. The fourth-order valence-corrected chi connectivity index (χ4v) is 1.99. The Morgan fingerprint density at radius 1 is 1.00 bits per heavy atom. The molecule has 0 aliphatic carbocycles. The average Bonchev–Trinajstić information content (AvgIpc) is 2.34. The van der Waals surface area contributed by atoms with Gasteiger partial charge in [0.1, 0.15) is 0 Å². The zero-order valence-corrected chi connectivity index (χ0v) is 10.4. The summed E-state index contributed by atoms with van der Waals surface area (Å²) in [5, 5.41) is 3.16. The Balaban J connectivity index is 2.19. The van der Waals surface area contributed by atoms with Crippen LogP contribution >= 0.6 is 0 Å². The second-order valence-corrected chi connectivity index (χ2v) is 4.35. The van der Waals surface area contributed by atoms with Crippen LogP contribution in [0.2, 0.25) is 0 Å². The highest BCUT2D eigenvalue weighted by Crippen LogP contribution is 2.22. The summed E-state index contributed by atoms with van der Waals surface area (Å²) < 4.78 is 25.9. The molecule has 0 amide bonds. The summed E-state index contributed by atoms with van der Waals surface area (Å²) in [6.07, 6.45) is 0. The molecule has 0 spiro atoms. The fraction of sp³-hybridized carbons (Fsp3) is 0.200. The second-order valence-electron chi connectivity index (χ2n) is 4.35. The molecule has 2 aromatic carbocycles. The van der Waals surface area contributed by atoms with E-state index >= 15 is 0 Å². The maximum Gasteiger partial charge on any atom is 0.160 e. The largest absolute Gasteiger partial charge is 0.378 e. The molecule has 1 unspecified atom stereocenters. The smallest absolute Gasteiger partial charge is 0.160 e. The Labute approximate surface area is 105 Å². The van der Waals surface area contributed by atoms with Gasteiger partial charge in [-0.2, -0.15) is 0 Å². The third kappa shape index (κ3) is 2.67. The summed E-state index contributed by atoms with van der Waals surface area (Å²) in [6.45, 7) is 4.02. The van der Waals surface area contributed by atoms with Crippen LogP contribution < -0.4 is 5.32 Å². The summed E-state index contributed by atoms with van der Waals surface area (Å²) in [7, 11) is 0. The monoisotopic (exact) mass is 247 g/mol. The van der Waals surface area contributed by atoms with Crippen molar-refractivity contribution >= 4 is 5.69 Å². The van der Waals surface area contributed by atoms with Crippen LogP contribution in [-0.2, 0) is 0 Å². The number of hydrogen-bond acceptors (Lipinski definition) is 1. The molecule has 0 heterocycles. The van der Waals surface area contributed by atoms with Gasteiger partial charge < -0.3 is 5.32 Å². The van der Waals surface area contributed by atoms with E-state index in [9.17, 15) is 8.78 Å². The standard InChI is InChI=1S/C15H15F2N/c1-10-5-3-4-6-13(10)11(2)18-12-7-8-14(16)15(17)9-12/h3-9,11,18H,1-2H3. The third-order valence-corrected chi connectivity index (χ3v) is 2.96. The molecule has 0 saturated carbocycles. The zero-order chi connectivity index (χ0) is 13.1. The number of benzene rings is 2. The van der Waals surface area contributed by atoms with Crippen molar-refractivity contribution in [3.8, 4) is 0 Å². The van der Waals surface area contributed by atoms with Crippen LogP contribution in [0.25, 0.3) is 0 Å². The minimum Gasteiger partial charge on any atom is -0.378 e. The third-order valence-electron chi connectivity index (χ3n) is 2.96. The molecule has 1 N–H and O–H groups in total. The van der Waals surface area contributed by atoms with Gasteiger partial charge in [0.25, 0.3) is 0 Å². The molecule has 2 rings (SSSR count). The van der Waals surface area contributed by atoms with Crippen molar-refractivity contribution in [3.63, 3.8) is 0 Å². The van der Waals surface area contributed by atoms with Crippen LogP contribution in [0.4, 0.5) is 14.5 Å². The highest BCUT2D eigenvalue weighted by molar-refractivity contribution is 5.46. The Kier molecular flexibility index (Phi) is 3.60. The van der Waals surface area contributed by atoms with E-state index in [0.717, 1.165) is 11.6 Å². The molecule has 18 heavy (non-hydrogen) atoms. The van der Waals surface area contributed by atoms with Gasteiger partial charge in [0.2, 0.25) is 0 Å². The molecule has 1 nitrogen and oxygen atoms in total. The van der Waals surface area contributed by atoms with Crippen molar-refractivity contribution in [1.82, 2.24) is 0 Å². The van der Waals surface area contributed by atoms with E-state index in [4.69, 9.17) is 0 Å². The molecule has 3 heteroatoms. The van der Waals surface area contributed by atoms with Crippen LogP contribution in [0.1, 0.15) is 24.1 Å². The van der Waals surface area contributed by atoms with Crippen LogP contribution in [-0.4, -0.2) is 0 Å². The van der Waals surface area contributed by atoms with E-state index in [2.05, 4.69) is 5.32 Å². The molecule has 0 saturated heterocycles. The molecule has 0 aliphatic rings. The molecule has 0 radical (unpaired) electrons. The van der Waals surface area contributed by atoms with Gasteiger partial charge in [0, 0.05) is 17.8 Å². The molecule has 0 aliphatic heterocycles. The van der Waals surface area contributed by atoms with E-state index in [1.54, 1.807) is 0 Å². The lowest BCUT2D eigenvalue weighted by Gasteiger charge is -2.17. The predicted molar refractivity (Wildman–Crippen MR) is 69.6 cm³/mol. The molecule has 0 fully saturated rings. The van der Waals surface area contributed by atoms with Crippen LogP contribution in [0, 0.1) is 18.6 Å². The van der Waals surface area contributed by atoms with E-state index in [1.165, 1.54) is 17.7 Å². The summed E-state index contributed by atoms with van der Waals surface area (Å²) in [5.74, 6) is -1.67. The Bertz CT molecular complexity index is 552. The molecular weight excluding hydrogens is 232 g/mol. The number of aryl methyl sites for hydroxylation is 1. The molecule has 94 valence electrons. The molecule has 0 aromatic heterocycles. The summed E-state index contributed by atoms with van der Waals surface area (Å²) in [4.78, 5) is 0. The van der Waals surface area contributed by atoms with Crippen molar-refractivity contribution in [2.24, 2.45) is 0 Å². The van der Waals surface area contributed by atoms with Gasteiger partial charge in [0.15, 0.2) is 11.6 Å². The maximum absolute atomic E-state index is 13.1. The Morgan fingerprint density at radius 2 is 1.72 bits per heavy atom. The fourth-order valence-electron chi connectivity index (χ4n) is 1.99. The number of hydrogen-bond donors (Lipinski definition) is 1. The van der Waals surface area contributed by atoms with Crippen LogP contribution in [0.5, 0.6) is 0 Å². The molecular formula is C15H15F2N. The average molecular weight is 247 g/mol. The van der Waals surface area contributed by atoms with Crippen molar-refractivity contribution in [3.05, 3.63) is 65.2 Å². The highest BCUT2D eigenvalue weighted by atomic mass is 19.2.